The lowest BCUT2D eigenvalue weighted by atomic mass is 10.1. The largest absolute Gasteiger partial charge is 0.314 e. The highest BCUT2D eigenvalue weighted by Crippen LogP contribution is 2.32. The zero-order valence-corrected chi connectivity index (χ0v) is 9.02. The van der Waals surface area contributed by atoms with E-state index in [1.54, 1.807) is 0 Å². The minimum Gasteiger partial charge on any atom is -0.314 e. The van der Waals surface area contributed by atoms with Gasteiger partial charge in [0.2, 0.25) is 0 Å². The van der Waals surface area contributed by atoms with Crippen LogP contribution in [0, 0.1) is 11.8 Å². The van der Waals surface area contributed by atoms with Crippen LogP contribution in [0.1, 0.15) is 38.5 Å². The van der Waals surface area contributed by atoms with Crippen molar-refractivity contribution < 1.29 is 0 Å². The number of hydrogen-bond acceptors (Lipinski definition) is 1. The Hall–Kier alpha value is 0.250. The van der Waals surface area contributed by atoms with Gasteiger partial charge >= 0.3 is 0 Å². The average molecular weight is 202 g/mol. The smallest absolute Gasteiger partial charge is 0.0266 e. The Morgan fingerprint density at radius 3 is 2.69 bits per heavy atom. The summed E-state index contributed by atoms with van der Waals surface area (Å²) in [6.45, 7) is 1.22. The first-order valence-electron chi connectivity index (χ1n) is 5.69. The highest BCUT2D eigenvalue weighted by atomic mass is 35.5. The molecule has 2 rings (SSSR count). The molecule has 1 N–H and O–H groups in total. The van der Waals surface area contributed by atoms with E-state index in [9.17, 15) is 0 Å². The van der Waals surface area contributed by atoms with Crippen LogP contribution >= 0.6 is 11.6 Å². The fourth-order valence-corrected chi connectivity index (χ4v) is 2.74. The third-order valence-electron chi connectivity index (χ3n) is 3.51. The van der Waals surface area contributed by atoms with E-state index >= 15 is 0 Å². The van der Waals surface area contributed by atoms with Crippen LogP contribution in [0.4, 0.5) is 0 Å². The first-order valence-corrected chi connectivity index (χ1v) is 6.23. The van der Waals surface area contributed by atoms with Crippen molar-refractivity contribution in [2.24, 2.45) is 11.8 Å². The van der Waals surface area contributed by atoms with Crippen LogP contribution in [0.3, 0.4) is 0 Å². The van der Waals surface area contributed by atoms with E-state index < -0.39 is 0 Å². The second-order valence-electron chi connectivity index (χ2n) is 4.64. The van der Waals surface area contributed by atoms with Gasteiger partial charge < -0.3 is 5.32 Å². The Morgan fingerprint density at radius 2 is 2.00 bits per heavy atom. The molecule has 76 valence electrons. The molecule has 2 unspecified atom stereocenters. The molecule has 0 saturated heterocycles. The molecule has 0 radical (unpaired) electrons. The summed E-state index contributed by atoms with van der Waals surface area (Å²) in [6, 6.07) is 0.733. The van der Waals surface area contributed by atoms with Crippen molar-refractivity contribution in [2.45, 2.75) is 44.6 Å². The van der Waals surface area contributed by atoms with Gasteiger partial charge in [-0.05, 0) is 37.6 Å². The van der Waals surface area contributed by atoms with Gasteiger partial charge in [0, 0.05) is 11.9 Å². The standard InChI is InChI=1S/C11H20ClN/c12-8-10-2-1-3-11(10)13-7-6-9-4-5-9/h9-11,13H,1-8H2. The predicted octanol–water partition coefficient (Wildman–Crippen LogP) is 2.78. The van der Waals surface area contributed by atoms with Gasteiger partial charge in [-0.15, -0.1) is 11.6 Å². The zero-order chi connectivity index (χ0) is 9.10. The van der Waals surface area contributed by atoms with Crippen molar-refractivity contribution in [3.05, 3.63) is 0 Å². The van der Waals surface area contributed by atoms with Crippen LogP contribution in [0.2, 0.25) is 0 Å². The molecule has 2 heteroatoms. The van der Waals surface area contributed by atoms with Crippen LogP contribution in [0.5, 0.6) is 0 Å². The molecule has 2 aliphatic rings. The summed E-state index contributed by atoms with van der Waals surface area (Å²) in [4.78, 5) is 0. The van der Waals surface area contributed by atoms with Gasteiger partial charge in [-0.1, -0.05) is 19.3 Å². The van der Waals surface area contributed by atoms with Crippen LogP contribution in [0.15, 0.2) is 0 Å². The van der Waals surface area contributed by atoms with Crippen LogP contribution < -0.4 is 5.32 Å². The molecule has 13 heavy (non-hydrogen) atoms. The summed E-state index contributed by atoms with van der Waals surface area (Å²) >= 11 is 5.92. The number of halogens is 1. The molecular weight excluding hydrogens is 182 g/mol. The normalized spacial score (nSPS) is 33.9. The predicted molar refractivity (Wildman–Crippen MR) is 57.2 cm³/mol. The Balaban J connectivity index is 1.61. The highest BCUT2D eigenvalue weighted by molar-refractivity contribution is 6.18. The Kier molecular flexibility index (Phi) is 3.51. The van der Waals surface area contributed by atoms with Crippen LogP contribution in [-0.4, -0.2) is 18.5 Å². The van der Waals surface area contributed by atoms with Crippen LogP contribution in [0.25, 0.3) is 0 Å². The second kappa shape index (κ2) is 4.65. The second-order valence-corrected chi connectivity index (χ2v) is 4.95. The third-order valence-corrected chi connectivity index (χ3v) is 3.91. The van der Waals surface area contributed by atoms with Gasteiger partial charge in [-0.2, -0.15) is 0 Å². The molecule has 0 aromatic heterocycles. The van der Waals surface area contributed by atoms with Crippen molar-refractivity contribution in [1.82, 2.24) is 5.32 Å². The molecular formula is C11H20ClN. The van der Waals surface area contributed by atoms with E-state index in [0.717, 1.165) is 23.8 Å². The zero-order valence-electron chi connectivity index (χ0n) is 8.27. The first kappa shape index (κ1) is 9.79. The summed E-state index contributed by atoms with van der Waals surface area (Å²) in [5.74, 6) is 2.66. The van der Waals surface area contributed by atoms with Gasteiger partial charge in [0.1, 0.15) is 0 Å². The maximum Gasteiger partial charge on any atom is 0.0266 e. The maximum absolute atomic E-state index is 5.92. The fourth-order valence-electron chi connectivity index (χ4n) is 2.37. The third kappa shape index (κ3) is 2.85. The van der Waals surface area contributed by atoms with Gasteiger partial charge in [0.05, 0.1) is 0 Å². The molecule has 0 aromatic rings. The lowest BCUT2D eigenvalue weighted by Gasteiger charge is -2.18. The van der Waals surface area contributed by atoms with Crippen LogP contribution in [-0.2, 0) is 0 Å². The van der Waals surface area contributed by atoms with Gasteiger partial charge in [0.15, 0.2) is 0 Å². The van der Waals surface area contributed by atoms with Crippen molar-refractivity contribution in [3.63, 3.8) is 0 Å². The van der Waals surface area contributed by atoms with Crippen molar-refractivity contribution in [2.75, 3.05) is 12.4 Å². The summed E-state index contributed by atoms with van der Waals surface area (Å²) in [7, 11) is 0. The molecule has 2 aliphatic carbocycles. The molecule has 1 nitrogen and oxygen atoms in total. The first-order chi connectivity index (χ1) is 6.40. The van der Waals surface area contributed by atoms with Crippen molar-refractivity contribution in [1.29, 1.82) is 0 Å². The minimum absolute atomic E-state index is 0.733. The number of nitrogens with one attached hydrogen (secondary N) is 1. The van der Waals surface area contributed by atoms with E-state index in [-0.39, 0.29) is 0 Å². The van der Waals surface area contributed by atoms with Gasteiger partial charge in [-0.3, -0.25) is 0 Å². The van der Waals surface area contributed by atoms with Gasteiger partial charge in [0.25, 0.3) is 0 Å². The Bertz CT molecular complexity index is 156. The fraction of sp³-hybridized carbons (Fsp3) is 1.00. The monoisotopic (exact) mass is 201 g/mol. The number of rotatable bonds is 5. The molecule has 0 aromatic carbocycles. The summed E-state index contributed by atoms with van der Waals surface area (Å²) in [6.07, 6.45) is 8.41. The lowest BCUT2D eigenvalue weighted by molar-refractivity contribution is 0.422. The Labute approximate surface area is 86.2 Å². The number of alkyl halides is 1. The van der Waals surface area contributed by atoms with Crippen molar-refractivity contribution >= 4 is 11.6 Å². The quantitative estimate of drug-likeness (QED) is 0.675. The minimum atomic E-state index is 0.733. The Morgan fingerprint density at radius 1 is 1.15 bits per heavy atom. The topological polar surface area (TPSA) is 12.0 Å². The highest BCUT2D eigenvalue weighted by Gasteiger charge is 2.26. The lowest BCUT2D eigenvalue weighted by Crippen LogP contribution is -2.34. The van der Waals surface area contributed by atoms with E-state index in [2.05, 4.69) is 5.32 Å². The molecule has 0 aliphatic heterocycles. The van der Waals surface area contributed by atoms with Crippen molar-refractivity contribution in [3.8, 4) is 0 Å². The van der Waals surface area contributed by atoms with E-state index in [4.69, 9.17) is 11.6 Å². The summed E-state index contributed by atoms with van der Waals surface area (Å²) in [5.41, 5.74) is 0. The molecule has 0 amide bonds. The van der Waals surface area contributed by atoms with E-state index in [0.29, 0.717) is 0 Å². The van der Waals surface area contributed by atoms with Gasteiger partial charge in [-0.25, -0.2) is 0 Å². The maximum atomic E-state index is 5.92. The molecule has 2 atom stereocenters. The molecule has 0 bridgehead atoms. The summed E-state index contributed by atoms with van der Waals surface area (Å²) < 4.78 is 0. The molecule has 0 spiro atoms. The van der Waals surface area contributed by atoms with E-state index in [1.165, 1.54) is 45.1 Å². The molecule has 0 heterocycles. The summed E-state index contributed by atoms with van der Waals surface area (Å²) in [5, 5.41) is 3.67. The molecule has 2 saturated carbocycles. The molecule has 2 fully saturated rings. The van der Waals surface area contributed by atoms with E-state index in [1.807, 2.05) is 0 Å². The average Bonchev–Trinajstić information content (AvgIpc) is 2.84. The SMILES string of the molecule is ClCC1CCCC1NCCC1CC1. The number of hydrogen-bond donors (Lipinski definition) is 1.